The Morgan fingerprint density at radius 3 is 2.42 bits per heavy atom. The Balaban J connectivity index is 2.04. The molecule has 19 heavy (non-hydrogen) atoms. The van der Waals surface area contributed by atoms with Crippen LogP contribution in [0.1, 0.15) is 17.2 Å². The summed E-state index contributed by atoms with van der Waals surface area (Å²) in [6.45, 7) is 2.15. The van der Waals surface area contributed by atoms with Crippen LogP contribution in [0.15, 0.2) is 53.4 Å². The molecule has 0 radical (unpaired) electrons. The van der Waals surface area contributed by atoms with E-state index >= 15 is 0 Å². The fourth-order valence-corrected chi connectivity index (χ4v) is 3.23. The zero-order valence-electron chi connectivity index (χ0n) is 11.2. The molecule has 0 spiro atoms. The van der Waals surface area contributed by atoms with Crippen molar-refractivity contribution in [3.05, 3.63) is 64.7 Å². The van der Waals surface area contributed by atoms with Crippen molar-refractivity contribution in [3.8, 4) is 0 Å². The number of hydrogen-bond donors (Lipinski definition) is 1. The molecule has 1 atom stereocenters. The molecule has 1 N–H and O–H groups in total. The Morgan fingerprint density at radius 1 is 1.11 bits per heavy atom. The monoisotopic (exact) mass is 291 g/mol. The molecule has 0 aromatic heterocycles. The van der Waals surface area contributed by atoms with Crippen molar-refractivity contribution in [2.45, 2.75) is 17.9 Å². The molecule has 0 aliphatic rings. The van der Waals surface area contributed by atoms with E-state index in [0.29, 0.717) is 6.04 Å². The van der Waals surface area contributed by atoms with Crippen molar-refractivity contribution in [2.75, 3.05) is 12.8 Å². The molecule has 1 nitrogen and oxygen atoms in total. The SMILES string of the molecule is CNC(CSc1ccccc1C)c1ccc(Cl)cc1. The third-order valence-electron chi connectivity index (χ3n) is 3.12. The lowest BCUT2D eigenvalue weighted by atomic mass is 10.1. The van der Waals surface area contributed by atoms with Gasteiger partial charge in [0.25, 0.3) is 0 Å². The lowest BCUT2D eigenvalue weighted by molar-refractivity contribution is 0.662. The van der Waals surface area contributed by atoms with E-state index in [0.717, 1.165) is 10.8 Å². The van der Waals surface area contributed by atoms with Gasteiger partial charge in [-0.1, -0.05) is 41.9 Å². The predicted molar refractivity (Wildman–Crippen MR) is 85.2 cm³/mol. The minimum Gasteiger partial charge on any atom is -0.312 e. The highest BCUT2D eigenvalue weighted by Gasteiger charge is 2.10. The van der Waals surface area contributed by atoms with Gasteiger partial charge in [-0.3, -0.25) is 0 Å². The van der Waals surface area contributed by atoms with Gasteiger partial charge >= 0.3 is 0 Å². The van der Waals surface area contributed by atoms with E-state index in [-0.39, 0.29) is 0 Å². The number of halogens is 1. The van der Waals surface area contributed by atoms with Crippen molar-refractivity contribution < 1.29 is 0 Å². The highest BCUT2D eigenvalue weighted by atomic mass is 35.5. The summed E-state index contributed by atoms with van der Waals surface area (Å²) in [5, 5.41) is 4.15. The largest absolute Gasteiger partial charge is 0.312 e. The Bertz CT molecular complexity index is 525. The van der Waals surface area contributed by atoms with E-state index in [1.165, 1.54) is 16.0 Å². The van der Waals surface area contributed by atoms with Gasteiger partial charge in [0.15, 0.2) is 0 Å². The second-order valence-electron chi connectivity index (χ2n) is 4.47. The first-order valence-corrected chi connectivity index (χ1v) is 7.68. The van der Waals surface area contributed by atoms with Crippen LogP contribution in [0.25, 0.3) is 0 Å². The van der Waals surface area contributed by atoms with Gasteiger partial charge in [-0.15, -0.1) is 11.8 Å². The van der Waals surface area contributed by atoms with Gasteiger partial charge in [0.2, 0.25) is 0 Å². The highest BCUT2D eigenvalue weighted by Crippen LogP contribution is 2.27. The first kappa shape index (κ1) is 14.4. The van der Waals surface area contributed by atoms with Crippen LogP contribution < -0.4 is 5.32 Å². The zero-order valence-corrected chi connectivity index (χ0v) is 12.8. The van der Waals surface area contributed by atoms with Crippen molar-refractivity contribution in [1.82, 2.24) is 5.32 Å². The number of nitrogens with one attached hydrogen (secondary N) is 1. The van der Waals surface area contributed by atoms with Crippen LogP contribution in [0.3, 0.4) is 0 Å². The van der Waals surface area contributed by atoms with E-state index in [9.17, 15) is 0 Å². The molecule has 1 unspecified atom stereocenters. The summed E-state index contributed by atoms with van der Waals surface area (Å²) in [6, 6.07) is 16.9. The van der Waals surface area contributed by atoms with Crippen molar-refractivity contribution in [3.63, 3.8) is 0 Å². The molecule has 0 amide bonds. The van der Waals surface area contributed by atoms with E-state index in [1.807, 2.05) is 30.9 Å². The third kappa shape index (κ3) is 4.00. The molecule has 0 aliphatic heterocycles. The molecule has 2 aromatic carbocycles. The summed E-state index contributed by atoms with van der Waals surface area (Å²) in [5.74, 6) is 1.00. The molecule has 0 fully saturated rings. The summed E-state index contributed by atoms with van der Waals surface area (Å²) in [6.07, 6.45) is 0. The minimum absolute atomic E-state index is 0.335. The highest BCUT2D eigenvalue weighted by molar-refractivity contribution is 7.99. The van der Waals surface area contributed by atoms with E-state index < -0.39 is 0 Å². The molecule has 0 saturated carbocycles. The van der Waals surface area contributed by atoms with E-state index in [4.69, 9.17) is 11.6 Å². The average molecular weight is 292 g/mol. The molecule has 0 aliphatic carbocycles. The summed E-state index contributed by atoms with van der Waals surface area (Å²) in [4.78, 5) is 1.34. The Morgan fingerprint density at radius 2 is 1.79 bits per heavy atom. The molecular weight excluding hydrogens is 274 g/mol. The quantitative estimate of drug-likeness (QED) is 0.801. The van der Waals surface area contributed by atoms with Crippen LogP contribution in [0.5, 0.6) is 0 Å². The molecular formula is C16H18ClNS. The Hall–Kier alpha value is -0.960. The van der Waals surface area contributed by atoms with Gasteiger partial charge in [0.1, 0.15) is 0 Å². The van der Waals surface area contributed by atoms with Gasteiger partial charge in [0.05, 0.1) is 0 Å². The van der Waals surface area contributed by atoms with Gasteiger partial charge in [-0.2, -0.15) is 0 Å². The number of aryl methyl sites for hydroxylation is 1. The fourth-order valence-electron chi connectivity index (χ4n) is 1.93. The number of rotatable bonds is 5. The maximum Gasteiger partial charge on any atom is 0.0412 e. The molecule has 2 aromatic rings. The van der Waals surface area contributed by atoms with Crippen LogP contribution in [0, 0.1) is 6.92 Å². The van der Waals surface area contributed by atoms with Gasteiger partial charge in [0, 0.05) is 21.7 Å². The van der Waals surface area contributed by atoms with Gasteiger partial charge < -0.3 is 5.32 Å². The molecule has 0 heterocycles. The first-order chi connectivity index (χ1) is 9.20. The smallest absolute Gasteiger partial charge is 0.0412 e. The summed E-state index contributed by atoms with van der Waals surface area (Å²) in [5.41, 5.74) is 2.60. The van der Waals surface area contributed by atoms with Crippen LogP contribution in [-0.4, -0.2) is 12.8 Å². The van der Waals surface area contributed by atoms with E-state index in [1.54, 1.807) is 0 Å². The van der Waals surface area contributed by atoms with Gasteiger partial charge in [-0.05, 0) is 43.3 Å². The van der Waals surface area contributed by atoms with Gasteiger partial charge in [-0.25, -0.2) is 0 Å². The van der Waals surface area contributed by atoms with Crippen LogP contribution in [0.2, 0.25) is 5.02 Å². The molecule has 0 saturated heterocycles. The fraction of sp³-hybridized carbons (Fsp3) is 0.250. The standard InChI is InChI=1S/C16H18ClNS/c1-12-5-3-4-6-16(12)19-11-15(18-2)13-7-9-14(17)10-8-13/h3-10,15,18H,11H2,1-2H3. The van der Waals surface area contributed by atoms with Crippen molar-refractivity contribution in [1.29, 1.82) is 0 Å². The lowest BCUT2D eigenvalue weighted by Gasteiger charge is -2.17. The maximum absolute atomic E-state index is 5.93. The minimum atomic E-state index is 0.335. The summed E-state index contributed by atoms with van der Waals surface area (Å²) in [7, 11) is 2.00. The van der Waals surface area contributed by atoms with E-state index in [2.05, 4.69) is 48.6 Å². The molecule has 3 heteroatoms. The summed E-state index contributed by atoms with van der Waals surface area (Å²) >= 11 is 7.81. The Labute approximate surface area is 124 Å². The maximum atomic E-state index is 5.93. The molecule has 0 bridgehead atoms. The van der Waals surface area contributed by atoms with Crippen molar-refractivity contribution in [2.24, 2.45) is 0 Å². The number of thioether (sulfide) groups is 1. The zero-order chi connectivity index (χ0) is 13.7. The topological polar surface area (TPSA) is 12.0 Å². The summed E-state index contributed by atoms with van der Waals surface area (Å²) < 4.78 is 0. The molecule has 100 valence electrons. The van der Waals surface area contributed by atoms with Crippen molar-refractivity contribution >= 4 is 23.4 Å². The normalized spacial score (nSPS) is 12.4. The number of benzene rings is 2. The lowest BCUT2D eigenvalue weighted by Crippen LogP contribution is -2.18. The average Bonchev–Trinajstić information content (AvgIpc) is 2.43. The van der Waals surface area contributed by atoms with Crippen LogP contribution >= 0.6 is 23.4 Å². The molecule has 2 rings (SSSR count). The second kappa shape index (κ2) is 6.99. The van der Waals surface area contributed by atoms with Crippen LogP contribution in [-0.2, 0) is 0 Å². The Kier molecular flexibility index (Phi) is 5.32. The third-order valence-corrected chi connectivity index (χ3v) is 4.64. The first-order valence-electron chi connectivity index (χ1n) is 6.32. The van der Waals surface area contributed by atoms with Crippen LogP contribution in [0.4, 0.5) is 0 Å². The predicted octanol–water partition coefficient (Wildman–Crippen LogP) is 4.70. The number of hydrogen-bond acceptors (Lipinski definition) is 2. The second-order valence-corrected chi connectivity index (χ2v) is 5.97.